The summed E-state index contributed by atoms with van der Waals surface area (Å²) in [6, 6.07) is 8.59. The molecule has 0 N–H and O–H groups in total. The highest BCUT2D eigenvalue weighted by Gasteiger charge is 2.27. The van der Waals surface area contributed by atoms with Crippen LogP contribution in [-0.4, -0.2) is 25.9 Å². The smallest absolute Gasteiger partial charge is 0.165 e. The molecule has 0 radical (unpaired) electrons. The van der Waals surface area contributed by atoms with Crippen molar-refractivity contribution >= 4 is 0 Å². The average Bonchev–Trinajstić information content (AvgIpc) is 2.87. The molecule has 0 heterocycles. The lowest BCUT2D eigenvalue weighted by atomic mass is 9.82. The Bertz CT molecular complexity index is 948. The van der Waals surface area contributed by atoms with Crippen LogP contribution >= 0.6 is 0 Å². The van der Waals surface area contributed by atoms with Crippen molar-refractivity contribution in [3.63, 3.8) is 0 Å². The number of hydrogen-bond acceptors (Lipinski definition) is 3. The quantitative estimate of drug-likeness (QED) is 0.397. The van der Waals surface area contributed by atoms with Gasteiger partial charge >= 0.3 is 0 Å². The molecule has 0 amide bonds. The van der Waals surface area contributed by atoms with Crippen molar-refractivity contribution in [3.05, 3.63) is 64.5 Å². The van der Waals surface area contributed by atoms with Gasteiger partial charge in [0.1, 0.15) is 0 Å². The Kier molecular flexibility index (Phi) is 8.54. The third-order valence-corrected chi connectivity index (χ3v) is 7.52. The SMILES string of the molecule is CCOc1ccc(C2CCC(OCc3ccc(C4CCC(OC)CC4)c(F)c3F)CC2)cc1F. The van der Waals surface area contributed by atoms with Gasteiger partial charge in [-0.15, -0.1) is 0 Å². The summed E-state index contributed by atoms with van der Waals surface area (Å²) in [6.07, 6.45) is 6.96. The minimum absolute atomic E-state index is 0.00439. The number of ether oxygens (including phenoxy) is 3. The van der Waals surface area contributed by atoms with Gasteiger partial charge in [0.15, 0.2) is 23.2 Å². The van der Waals surface area contributed by atoms with Crippen LogP contribution in [0.1, 0.15) is 86.8 Å². The summed E-state index contributed by atoms with van der Waals surface area (Å²) in [7, 11) is 1.70. The van der Waals surface area contributed by atoms with Crippen LogP contribution < -0.4 is 4.74 Å². The lowest BCUT2D eigenvalue weighted by Gasteiger charge is -2.29. The summed E-state index contributed by atoms with van der Waals surface area (Å²) in [5, 5.41) is 0. The second-order valence-corrected chi connectivity index (χ2v) is 9.56. The van der Waals surface area contributed by atoms with Gasteiger partial charge in [-0.05, 0) is 93.4 Å². The summed E-state index contributed by atoms with van der Waals surface area (Å²) < 4.78 is 60.5. The van der Waals surface area contributed by atoms with Crippen LogP contribution in [0.3, 0.4) is 0 Å². The van der Waals surface area contributed by atoms with Crippen LogP contribution in [-0.2, 0) is 16.1 Å². The molecule has 0 aromatic heterocycles. The molecule has 6 heteroatoms. The van der Waals surface area contributed by atoms with Crippen LogP contribution in [0.2, 0.25) is 0 Å². The number of rotatable bonds is 8. The first-order chi connectivity index (χ1) is 16.5. The number of benzene rings is 2. The lowest BCUT2D eigenvalue weighted by Crippen LogP contribution is -2.21. The Labute approximate surface area is 200 Å². The lowest BCUT2D eigenvalue weighted by molar-refractivity contribution is 0.0118. The zero-order chi connectivity index (χ0) is 24.1. The van der Waals surface area contributed by atoms with Gasteiger partial charge in [0.2, 0.25) is 0 Å². The molecule has 0 bridgehead atoms. The van der Waals surface area contributed by atoms with Crippen molar-refractivity contribution in [2.24, 2.45) is 0 Å². The third-order valence-electron chi connectivity index (χ3n) is 7.52. The molecule has 0 saturated heterocycles. The van der Waals surface area contributed by atoms with Crippen LogP contribution in [0.25, 0.3) is 0 Å². The van der Waals surface area contributed by atoms with Gasteiger partial charge in [-0.1, -0.05) is 18.2 Å². The Morgan fingerprint density at radius 1 is 0.794 bits per heavy atom. The first-order valence-corrected chi connectivity index (χ1v) is 12.5. The topological polar surface area (TPSA) is 27.7 Å². The minimum atomic E-state index is -0.787. The Hall–Kier alpha value is -2.05. The van der Waals surface area contributed by atoms with E-state index in [2.05, 4.69) is 0 Å². The summed E-state index contributed by atoms with van der Waals surface area (Å²) in [6.45, 7) is 2.32. The van der Waals surface area contributed by atoms with Gasteiger partial charge in [0.25, 0.3) is 0 Å². The molecule has 34 heavy (non-hydrogen) atoms. The Balaban J connectivity index is 1.29. The molecule has 0 spiro atoms. The number of halogens is 3. The van der Waals surface area contributed by atoms with E-state index in [0.717, 1.165) is 56.9 Å². The molecule has 4 rings (SSSR count). The summed E-state index contributed by atoms with van der Waals surface area (Å²) in [4.78, 5) is 0. The fourth-order valence-corrected chi connectivity index (χ4v) is 5.45. The molecule has 2 saturated carbocycles. The van der Waals surface area contributed by atoms with Crippen LogP contribution in [0.4, 0.5) is 13.2 Å². The highest BCUT2D eigenvalue weighted by atomic mass is 19.2. The zero-order valence-electron chi connectivity index (χ0n) is 20.1. The molecule has 0 atom stereocenters. The van der Waals surface area contributed by atoms with Crippen molar-refractivity contribution < 1.29 is 27.4 Å². The predicted molar refractivity (Wildman–Crippen MR) is 126 cm³/mol. The van der Waals surface area contributed by atoms with Gasteiger partial charge in [-0.3, -0.25) is 0 Å². The summed E-state index contributed by atoms with van der Waals surface area (Å²) in [5.74, 6) is -1.25. The van der Waals surface area contributed by atoms with E-state index in [0.29, 0.717) is 12.2 Å². The molecule has 0 aliphatic heterocycles. The predicted octanol–water partition coefficient (Wildman–Crippen LogP) is 7.42. The second kappa shape index (κ2) is 11.6. The number of methoxy groups -OCH3 is 1. The van der Waals surface area contributed by atoms with Gasteiger partial charge in [-0.25, -0.2) is 13.2 Å². The fraction of sp³-hybridized carbons (Fsp3) is 0.571. The molecular weight excluding hydrogens is 441 g/mol. The zero-order valence-corrected chi connectivity index (χ0v) is 20.1. The molecule has 2 aliphatic rings. The van der Waals surface area contributed by atoms with Gasteiger partial charge in [0.05, 0.1) is 25.4 Å². The molecular formula is C28H35F3O3. The van der Waals surface area contributed by atoms with E-state index in [1.807, 2.05) is 13.0 Å². The van der Waals surface area contributed by atoms with E-state index in [1.54, 1.807) is 31.4 Å². The van der Waals surface area contributed by atoms with Crippen LogP contribution in [0, 0.1) is 17.5 Å². The third kappa shape index (κ3) is 5.77. The standard InChI is InChI=1S/C28H35F3O3/c1-3-33-26-15-9-20(16-25(26)29)18-4-12-23(13-5-18)34-17-21-8-14-24(28(31)27(21)30)19-6-10-22(32-2)11-7-19/h8-9,14-16,18-19,22-23H,3-7,10-13,17H2,1-2H3. The van der Waals surface area contributed by atoms with Crippen LogP contribution in [0.5, 0.6) is 5.75 Å². The molecule has 186 valence electrons. The van der Waals surface area contributed by atoms with Gasteiger partial charge < -0.3 is 14.2 Å². The van der Waals surface area contributed by atoms with Crippen molar-refractivity contribution in [1.29, 1.82) is 0 Å². The molecule has 2 aliphatic carbocycles. The maximum atomic E-state index is 14.8. The van der Waals surface area contributed by atoms with Crippen LogP contribution in [0.15, 0.2) is 30.3 Å². The normalized spacial score (nSPS) is 25.3. The van der Waals surface area contributed by atoms with Crippen molar-refractivity contribution in [2.75, 3.05) is 13.7 Å². The monoisotopic (exact) mass is 476 g/mol. The average molecular weight is 477 g/mol. The Morgan fingerprint density at radius 3 is 2.12 bits per heavy atom. The highest BCUT2D eigenvalue weighted by molar-refractivity contribution is 5.32. The minimum Gasteiger partial charge on any atom is -0.491 e. The molecule has 2 fully saturated rings. The van der Waals surface area contributed by atoms with E-state index in [4.69, 9.17) is 14.2 Å². The first-order valence-electron chi connectivity index (χ1n) is 12.5. The van der Waals surface area contributed by atoms with E-state index in [9.17, 15) is 13.2 Å². The maximum absolute atomic E-state index is 14.8. The summed E-state index contributed by atoms with van der Waals surface area (Å²) >= 11 is 0. The Morgan fingerprint density at radius 2 is 1.47 bits per heavy atom. The fourth-order valence-electron chi connectivity index (χ4n) is 5.45. The van der Waals surface area contributed by atoms with Crippen molar-refractivity contribution in [1.82, 2.24) is 0 Å². The first kappa shape index (κ1) is 25.1. The summed E-state index contributed by atoms with van der Waals surface area (Å²) in [5.41, 5.74) is 1.71. The van der Waals surface area contributed by atoms with Crippen molar-refractivity contribution in [2.45, 2.75) is 88.9 Å². The van der Waals surface area contributed by atoms with E-state index >= 15 is 0 Å². The number of hydrogen-bond donors (Lipinski definition) is 0. The largest absolute Gasteiger partial charge is 0.491 e. The molecule has 2 aromatic carbocycles. The molecule has 0 unspecified atom stereocenters. The van der Waals surface area contributed by atoms with E-state index < -0.39 is 11.6 Å². The van der Waals surface area contributed by atoms with E-state index in [1.165, 1.54) is 0 Å². The maximum Gasteiger partial charge on any atom is 0.165 e. The van der Waals surface area contributed by atoms with Gasteiger partial charge in [-0.2, -0.15) is 0 Å². The van der Waals surface area contributed by atoms with Gasteiger partial charge in [0, 0.05) is 12.7 Å². The second-order valence-electron chi connectivity index (χ2n) is 9.56. The van der Waals surface area contributed by atoms with Crippen molar-refractivity contribution in [3.8, 4) is 5.75 Å². The van der Waals surface area contributed by atoms with E-state index in [-0.39, 0.29) is 47.8 Å². The highest BCUT2D eigenvalue weighted by Crippen LogP contribution is 2.38. The molecule has 2 aromatic rings. The molecule has 3 nitrogen and oxygen atoms in total.